The minimum atomic E-state index is -0.447. The van der Waals surface area contributed by atoms with E-state index < -0.39 is 6.10 Å². The first-order valence-electron chi connectivity index (χ1n) is 8.55. The van der Waals surface area contributed by atoms with Gasteiger partial charge in [-0.05, 0) is 30.0 Å². The van der Waals surface area contributed by atoms with E-state index in [1.807, 2.05) is 23.5 Å². The van der Waals surface area contributed by atoms with Crippen LogP contribution in [0, 0.1) is 0 Å². The number of aliphatic hydroxyl groups excluding tert-OH is 1. The molecule has 6 heteroatoms. The molecule has 2 aromatic heterocycles. The first kappa shape index (κ1) is 17.6. The van der Waals surface area contributed by atoms with Crippen LogP contribution in [0.3, 0.4) is 0 Å². The Hall–Kier alpha value is -1.18. The molecule has 132 valence electrons. The Morgan fingerprint density at radius 2 is 2.00 bits per heavy atom. The summed E-state index contributed by atoms with van der Waals surface area (Å²) in [6.45, 7) is 6.75. The van der Waals surface area contributed by atoms with Crippen molar-refractivity contribution in [1.82, 2.24) is 9.80 Å². The zero-order valence-corrected chi connectivity index (χ0v) is 14.8. The lowest BCUT2D eigenvalue weighted by atomic mass is 10.2. The number of hydrogen-bond donors (Lipinski definition) is 1. The number of aliphatic hydroxyl groups is 1. The second-order valence-electron chi connectivity index (χ2n) is 6.22. The summed E-state index contributed by atoms with van der Waals surface area (Å²) in [5, 5.41) is 12.3. The summed E-state index contributed by atoms with van der Waals surface area (Å²) in [5.74, 6) is 0.793. The standard InChI is InChI=1S/C18H26N2O3S/c21-16(14-22-15-17-3-1-11-23-17)13-20-9-7-19(8-10-20)6-5-18-4-2-12-24-18/h1-4,11-12,16,21H,5-10,13-15H2. The average Bonchev–Trinajstić information content (AvgIpc) is 3.28. The van der Waals surface area contributed by atoms with Crippen molar-refractivity contribution in [3.05, 3.63) is 46.5 Å². The Balaban J connectivity index is 1.27. The fourth-order valence-electron chi connectivity index (χ4n) is 2.96. The van der Waals surface area contributed by atoms with Gasteiger partial charge in [0.25, 0.3) is 0 Å². The minimum absolute atomic E-state index is 0.347. The largest absolute Gasteiger partial charge is 0.467 e. The summed E-state index contributed by atoms with van der Waals surface area (Å²) < 4.78 is 10.7. The monoisotopic (exact) mass is 350 g/mol. The first-order valence-corrected chi connectivity index (χ1v) is 9.43. The van der Waals surface area contributed by atoms with Crippen molar-refractivity contribution in [1.29, 1.82) is 0 Å². The lowest BCUT2D eigenvalue weighted by molar-refractivity contribution is -0.00250. The highest BCUT2D eigenvalue weighted by atomic mass is 32.1. The third kappa shape index (κ3) is 5.72. The van der Waals surface area contributed by atoms with E-state index in [2.05, 4.69) is 27.3 Å². The molecule has 1 saturated heterocycles. The zero-order chi connectivity index (χ0) is 16.6. The van der Waals surface area contributed by atoms with Gasteiger partial charge in [0.1, 0.15) is 12.4 Å². The third-order valence-electron chi connectivity index (χ3n) is 4.32. The lowest BCUT2D eigenvalue weighted by Gasteiger charge is -2.35. The van der Waals surface area contributed by atoms with E-state index in [1.54, 1.807) is 6.26 Å². The van der Waals surface area contributed by atoms with Crippen molar-refractivity contribution < 1.29 is 14.3 Å². The predicted octanol–water partition coefficient (Wildman–Crippen LogP) is 2.08. The first-order chi connectivity index (χ1) is 11.8. The number of β-amino-alcohol motifs (C(OH)–C–C–N with tert-alkyl or cyclic N) is 1. The van der Waals surface area contributed by atoms with Crippen molar-refractivity contribution in [2.24, 2.45) is 0 Å². The molecule has 2 aromatic rings. The van der Waals surface area contributed by atoms with Gasteiger partial charge in [0.2, 0.25) is 0 Å². The molecule has 1 atom stereocenters. The van der Waals surface area contributed by atoms with Crippen molar-refractivity contribution >= 4 is 11.3 Å². The molecule has 0 aliphatic carbocycles. The van der Waals surface area contributed by atoms with Gasteiger partial charge in [0.15, 0.2) is 0 Å². The molecule has 0 radical (unpaired) electrons. The van der Waals surface area contributed by atoms with Crippen LogP contribution in [0.2, 0.25) is 0 Å². The van der Waals surface area contributed by atoms with Gasteiger partial charge in [-0.25, -0.2) is 0 Å². The second-order valence-corrected chi connectivity index (χ2v) is 7.25. The number of ether oxygens (including phenoxy) is 1. The normalized spacial score (nSPS) is 18.0. The van der Waals surface area contributed by atoms with Gasteiger partial charge in [-0.3, -0.25) is 4.90 Å². The highest BCUT2D eigenvalue weighted by molar-refractivity contribution is 7.09. The van der Waals surface area contributed by atoms with Gasteiger partial charge in [-0.2, -0.15) is 0 Å². The fraction of sp³-hybridized carbons (Fsp3) is 0.556. The molecule has 3 rings (SSSR count). The van der Waals surface area contributed by atoms with Crippen LogP contribution in [0.15, 0.2) is 40.3 Å². The summed E-state index contributed by atoms with van der Waals surface area (Å²) in [6, 6.07) is 8.04. The molecule has 24 heavy (non-hydrogen) atoms. The molecule has 1 N–H and O–H groups in total. The number of piperazine rings is 1. The predicted molar refractivity (Wildman–Crippen MR) is 95.3 cm³/mol. The Morgan fingerprint density at radius 1 is 1.17 bits per heavy atom. The molecule has 5 nitrogen and oxygen atoms in total. The van der Waals surface area contributed by atoms with Crippen LogP contribution < -0.4 is 0 Å². The van der Waals surface area contributed by atoms with E-state index >= 15 is 0 Å². The topological polar surface area (TPSA) is 49.1 Å². The molecule has 0 aromatic carbocycles. The van der Waals surface area contributed by atoms with Crippen LogP contribution in [-0.4, -0.2) is 66.9 Å². The molecule has 1 aliphatic rings. The summed E-state index contributed by atoms with van der Waals surface area (Å²) in [4.78, 5) is 6.29. The van der Waals surface area contributed by atoms with Crippen molar-refractivity contribution in [3.63, 3.8) is 0 Å². The SMILES string of the molecule is OC(COCc1ccco1)CN1CCN(CCc2cccs2)CC1. The summed E-state index contributed by atoms with van der Waals surface area (Å²) in [6.07, 6.45) is 2.33. The maximum Gasteiger partial charge on any atom is 0.129 e. The van der Waals surface area contributed by atoms with Crippen LogP contribution >= 0.6 is 11.3 Å². The second kappa shape index (κ2) is 9.34. The summed E-state index contributed by atoms with van der Waals surface area (Å²) >= 11 is 1.84. The Labute approximate surface area is 147 Å². The van der Waals surface area contributed by atoms with E-state index in [0.717, 1.165) is 44.9 Å². The summed E-state index contributed by atoms with van der Waals surface area (Å²) in [7, 11) is 0. The van der Waals surface area contributed by atoms with Crippen LogP contribution in [-0.2, 0) is 17.8 Å². The van der Waals surface area contributed by atoms with Crippen molar-refractivity contribution in [2.75, 3.05) is 45.9 Å². The molecule has 1 unspecified atom stereocenters. The molecule has 0 spiro atoms. The van der Waals surface area contributed by atoms with E-state index in [0.29, 0.717) is 19.8 Å². The maximum absolute atomic E-state index is 10.1. The third-order valence-corrected chi connectivity index (χ3v) is 5.26. The average molecular weight is 350 g/mol. The quantitative estimate of drug-likeness (QED) is 0.750. The molecule has 0 saturated carbocycles. The van der Waals surface area contributed by atoms with E-state index in [1.165, 1.54) is 4.88 Å². The van der Waals surface area contributed by atoms with Gasteiger partial charge < -0.3 is 19.2 Å². The van der Waals surface area contributed by atoms with Crippen LogP contribution in [0.1, 0.15) is 10.6 Å². The molecular formula is C18H26N2O3S. The Morgan fingerprint density at radius 3 is 2.71 bits per heavy atom. The van der Waals surface area contributed by atoms with Gasteiger partial charge in [-0.15, -0.1) is 11.3 Å². The van der Waals surface area contributed by atoms with Gasteiger partial charge >= 0.3 is 0 Å². The number of rotatable bonds is 9. The molecule has 1 aliphatic heterocycles. The van der Waals surface area contributed by atoms with Crippen LogP contribution in [0.5, 0.6) is 0 Å². The maximum atomic E-state index is 10.1. The number of furan rings is 1. The van der Waals surface area contributed by atoms with Gasteiger partial charge in [0.05, 0.1) is 19.0 Å². The molecule has 1 fully saturated rings. The number of nitrogens with zero attached hydrogens (tertiary/aromatic N) is 2. The summed E-state index contributed by atoms with van der Waals surface area (Å²) in [5.41, 5.74) is 0. The fourth-order valence-corrected chi connectivity index (χ4v) is 3.66. The minimum Gasteiger partial charge on any atom is -0.467 e. The van der Waals surface area contributed by atoms with E-state index in [9.17, 15) is 5.11 Å². The number of hydrogen-bond acceptors (Lipinski definition) is 6. The van der Waals surface area contributed by atoms with Gasteiger partial charge in [0, 0.05) is 44.1 Å². The van der Waals surface area contributed by atoms with E-state index in [-0.39, 0.29) is 0 Å². The number of thiophene rings is 1. The molecular weight excluding hydrogens is 324 g/mol. The smallest absolute Gasteiger partial charge is 0.129 e. The van der Waals surface area contributed by atoms with Crippen LogP contribution in [0.25, 0.3) is 0 Å². The van der Waals surface area contributed by atoms with Crippen LogP contribution in [0.4, 0.5) is 0 Å². The highest BCUT2D eigenvalue weighted by Gasteiger charge is 2.19. The Bertz CT molecular complexity index is 551. The van der Waals surface area contributed by atoms with Crippen molar-refractivity contribution in [3.8, 4) is 0 Å². The molecule has 0 amide bonds. The lowest BCUT2D eigenvalue weighted by Crippen LogP contribution is -2.49. The zero-order valence-electron chi connectivity index (χ0n) is 14.0. The molecule has 3 heterocycles. The Kier molecular flexibility index (Phi) is 6.86. The highest BCUT2D eigenvalue weighted by Crippen LogP contribution is 2.11. The van der Waals surface area contributed by atoms with Gasteiger partial charge in [-0.1, -0.05) is 6.07 Å². The van der Waals surface area contributed by atoms with Crippen molar-refractivity contribution in [2.45, 2.75) is 19.1 Å². The molecule has 0 bridgehead atoms. The van der Waals surface area contributed by atoms with E-state index in [4.69, 9.17) is 9.15 Å².